The Morgan fingerprint density at radius 3 is 2.42 bits per heavy atom. The lowest BCUT2D eigenvalue weighted by molar-refractivity contribution is 0.0433. The zero-order valence-corrected chi connectivity index (χ0v) is 12.3. The number of hydrogen-bond acceptors (Lipinski definition) is 4. The Morgan fingerprint density at radius 2 is 1.95 bits per heavy atom. The molecule has 1 saturated heterocycles. The predicted octanol–water partition coefficient (Wildman–Crippen LogP) is 1.50. The van der Waals surface area contributed by atoms with Crippen molar-refractivity contribution in [2.75, 3.05) is 32.7 Å². The summed E-state index contributed by atoms with van der Waals surface area (Å²) in [6, 6.07) is 4.42. The Kier molecular flexibility index (Phi) is 4.55. The fraction of sp³-hybridized carbons (Fsp3) is 0.667. The first-order chi connectivity index (χ1) is 9.02. The van der Waals surface area contributed by atoms with E-state index in [9.17, 15) is 0 Å². The summed E-state index contributed by atoms with van der Waals surface area (Å²) in [5.41, 5.74) is 7.47. The molecule has 1 aromatic rings. The van der Waals surface area contributed by atoms with Crippen molar-refractivity contribution in [2.24, 2.45) is 5.73 Å². The van der Waals surface area contributed by atoms with Gasteiger partial charge in [0.25, 0.3) is 0 Å². The molecule has 1 fully saturated rings. The van der Waals surface area contributed by atoms with E-state index in [1.807, 2.05) is 18.5 Å². The van der Waals surface area contributed by atoms with Crippen LogP contribution in [0.25, 0.3) is 0 Å². The molecular formula is C15H26N4. The van der Waals surface area contributed by atoms with Crippen LogP contribution in [0.2, 0.25) is 0 Å². The highest BCUT2D eigenvalue weighted by Crippen LogP contribution is 2.23. The maximum absolute atomic E-state index is 5.97. The maximum Gasteiger partial charge on any atom is 0.0486 e. The zero-order chi connectivity index (χ0) is 13.9. The molecule has 0 bridgehead atoms. The molecule has 1 aromatic heterocycles. The SMILES string of the molecule is CC(C)(C)N1CCN(C(CN)c2cccnc2)CC1. The highest BCUT2D eigenvalue weighted by atomic mass is 15.3. The van der Waals surface area contributed by atoms with Gasteiger partial charge in [0.15, 0.2) is 0 Å². The van der Waals surface area contributed by atoms with Crippen molar-refractivity contribution < 1.29 is 0 Å². The predicted molar refractivity (Wildman–Crippen MR) is 78.9 cm³/mol. The lowest BCUT2D eigenvalue weighted by atomic mass is 10.0. The largest absolute Gasteiger partial charge is 0.329 e. The Labute approximate surface area is 116 Å². The summed E-state index contributed by atoms with van der Waals surface area (Å²) in [4.78, 5) is 9.24. The second-order valence-electron chi connectivity index (χ2n) is 6.23. The maximum atomic E-state index is 5.97. The van der Waals surface area contributed by atoms with Gasteiger partial charge in [0.1, 0.15) is 0 Å². The van der Waals surface area contributed by atoms with Gasteiger partial charge >= 0.3 is 0 Å². The average molecular weight is 262 g/mol. The third-order valence-electron chi connectivity index (χ3n) is 4.00. The van der Waals surface area contributed by atoms with Crippen molar-refractivity contribution in [3.05, 3.63) is 30.1 Å². The minimum absolute atomic E-state index is 0.263. The molecule has 0 spiro atoms. The molecule has 1 atom stereocenters. The van der Waals surface area contributed by atoms with Gasteiger partial charge in [0.2, 0.25) is 0 Å². The van der Waals surface area contributed by atoms with Crippen LogP contribution >= 0.6 is 0 Å². The van der Waals surface area contributed by atoms with E-state index >= 15 is 0 Å². The fourth-order valence-corrected chi connectivity index (χ4v) is 2.77. The molecule has 1 aliphatic rings. The number of piperazine rings is 1. The number of pyridine rings is 1. The monoisotopic (exact) mass is 262 g/mol. The fourth-order valence-electron chi connectivity index (χ4n) is 2.77. The number of rotatable bonds is 3. The second kappa shape index (κ2) is 5.99. The molecule has 1 aliphatic heterocycles. The molecule has 0 aromatic carbocycles. The quantitative estimate of drug-likeness (QED) is 0.896. The summed E-state index contributed by atoms with van der Waals surface area (Å²) in [7, 11) is 0. The van der Waals surface area contributed by atoms with E-state index in [1.54, 1.807) is 0 Å². The standard InChI is InChI=1S/C15H26N4/c1-15(2,3)19-9-7-18(8-10-19)14(11-16)13-5-4-6-17-12-13/h4-6,12,14H,7-11,16H2,1-3H3. The van der Waals surface area contributed by atoms with Crippen molar-refractivity contribution in [3.8, 4) is 0 Å². The summed E-state index contributed by atoms with van der Waals surface area (Å²) in [5.74, 6) is 0. The van der Waals surface area contributed by atoms with Gasteiger partial charge < -0.3 is 5.73 Å². The van der Waals surface area contributed by atoms with Gasteiger partial charge in [-0.1, -0.05) is 6.07 Å². The highest BCUT2D eigenvalue weighted by Gasteiger charge is 2.29. The van der Waals surface area contributed by atoms with E-state index in [-0.39, 0.29) is 5.54 Å². The summed E-state index contributed by atoms with van der Waals surface area (Å²) in [5, 5.41) is 0. The summed E-state index contributed by atoms with van der Waals surface area (Å²) in [6.45, 7) is 11.9. The molecule has 4 heteroatoms. The first-order valence-corrected chi connectivity index (χ1v) is 7.11. The van der Waals surface area contributed by atoms with Crippen LogP contribution in [0.1, 0.15) is 32.4 Å². The number of hydrogen-bond donors (Lipinski definition) is 1. The van der Waals surface area contributed by atoms with Crippen molar-refractivity contribution in [1.82, 2.24) is 14.8 Å². The van der Waals surface area contributed by atoms with E-state index in [2.05, 4.69) is 41.6 Å². The van der Waals surface area contributed by atoms with Crippen molar-refractivity contribution in [2.45, 2.75) is 32.4 Å². The summed E-state index contributed by atoms with van der Waals surface area (Å²) < 4.78 is 0. The molecule has 0 aliphatic carbocycles. The van der Waals surface area contributed by atoms with Crippen LogP contribution in [0.4, 0.5) is 0 Å². The third-order valence-corrected chi connectivity index (χ3v) is 4.00. The van der Waals surface area contributed by atoms with Crippen LogP contribution in [0.3, 0.4) is 0 Å². The van der Waals surface area contributed by atoms with Gasteiger partial charge in [-0.15, -0.1) is 0 Å². The second-order valence-corrected chi connectivity index (χ2v) is 6.23. The molecule has 2 N–H and O–H groups in total. The van der Waals surface area contributed by atoms with Crippen LogP contribution in [0.5, 0.6) is 0 Å². The Hall–Kier alpha value is -0.970. The average Bonchev–Trinajstić information content (AvgIpc) is 2.40. The lowest BCUT2D eigenvalue weighted by Crippen LogP contribution is -2.54. The number of aromatic nitrogens is 1. The minimum atomic E-state index is 0.263. The van der Waals surface area contributed by atoms with Crippen molar-refractivity contribution >= 4 is 0 Å². The lowest BCUT2D eigenvalue weighted by Gasteiger charge is -2.44. The molecule has 19 heavy (non-hydrogen) atoms. The molecule has 1 unspecified atom stereocenters. The zero-order valence-electron chi connectivity index (χ0n) is 12.3. The van der Waals surface area contributed by atoms with Gasteiger partial charge in [0, 0.05) is 56.7 Å². The van der Waals surface area contributed by atoms with Gasteiger partial charge in [0.05, 0.1) is 0 Å². The van der Waals surface area contributed by atoms with Gasteiger partial charge in [-0.3, -0.25) is 14.8 Å². The van der Waals surface area contributed by atoms with Crippen LogP contribution in [0, 0.1) is 0 Å². The normalized spacial score (nSPS) is 20.4. The Bertz CT molecular complexity index is 377. The Balaban J connectivity index is 2.00. The summed E-state index contributed by atoms with van der Waals surface area (Å²) >= 11 is 0. The van der Waals surface area contributed by atoms with E-state index in [0.717, 1.165) is 26.2 Å². The number of nitrogens with zero attached hydrogens (tertiary/aromatic N) is 3. The minimum Gasteiger partial charge on any atom is -0.329 e. The van der Waals surface area contributed by atoms with Crippen molar-refractivity contribution in [1.29, 1.82) is 0 Å². The molecule has 0 amide bonds. The smallest absolute Gasteiger partial charge is 0.0486 e. The molecule has 2 rings (SSSR count). The first-order valence-electron chi connectivity index (χ1n) is 7.11. The van der Waals surface area contributed by atoms with E-state index < -0.39 is 0 Å². The molecule has 4 nitrogen and oxygen atoms in total. The van der Waals surface area contributed by atoms with Crippen LogP contribution in [-0.4, -0.2) is 53.0 Å². The third kappa shape index (κ3) is 3.53. The molecule has 0 radical (unpaired) electrons. The van der Waals surface area contributed by atoms with Crippen molar-refractivity contribution in [3.63, 3.8) is 0 Å². The van der Waals surface area contributed by atoms with Gasteiger partial charge in [-0.05, 0) is 32.4 Å². The van der Waals surface area contributed by atoms with E-state index in [4.69, 9.17) is 5.73 Å². The van der Waals surface area contributed by atoms with Gasteiger partial charge in [-0.25, -0.2) is 0 Å². The Morgan fingerprint density at radius 1 is 1.26 bits per heavy atom. The first kappa shape index (κ1) is 14.4. The van der Waals surface area contributed by atoms with Gasteiger partial charge in [-0.2, -0.15) is 0 Å². The highest BCUT2D eigenvalue weighted by molar-refractivity contribution is 5.14. The van der Waals surface area contributed by atoms with E-state index in [0.29, 0.717) is 12.6 Å². The topological polar surface area (TPSA) is 45.4 Å². The van der Waals surface area contributed by atoms with Crippen LogP contribution in [-0.2, 0) is 0 Å². The van der Waals surface area contributed by atoms with Crippen LogP contribution in [0.15, 0.2) is 24.5 Å². The summed E-state index contributed by atoms with van der Waals surface area (Å²) in [6.07, 6.45) is 3.75. The van der Waals surface area contributed by atoms with E-state index in [1.165, 1.54) is 5.56 Å². The van der Waals surface area contributed by atoms with Crippen LogP contribution < -0.4 is 5.73 Å². The molecule has 0 saturated carbocycles. The number of nitrogens with two attached hydrogens (primary N) is 1. The molecule has 2 heterocycles. The molecular weight excluding hydrogens is 236 g/mol. The molecule has 106 valence electrons.